The molecule has 1 aliphatic rings. The molecule has 2 aromatic carbocycles. The van der Waals surface area contributed by atoms with Crippen molar-refractivity contribution in [1.82, 2.24) is 9.97 Å². The first-order valence-electron chi connectivity index (χ1n) is 9.51. The van der Waals surface area contributed by atoms with Gasteiger partial charge in [0.1, 0.15) is 17.3 Å². The molecule has 0 spiro atoms. The van der Waals surface area contributed by atoms with E-state index in [4.69, 9.17) is 0 Å². The van der Waals surface area contributed by atoms with E-state index in [1.807, 2.05) is 42.5 Å². The summed E-state index contributed by atoms with van der Waals surface area (Å²) in [7, 11) is 0. The molecular weight excluding hydrogens is 350 g/mol. The molecular formula is C22H23N5O. The zero-order chi connectivity index (χ0) is 19.3. The molecule has 0 unspecified atom stereocenters. The molecule has 2 heterocycles. The van der Waals surface area contributed by atoms with Gasteiger partial charge in [-0.15, -0.1) is 0 Å². The van der Waals surface area contributed by atoms with Crippen molar-refractivity contribution in [2.75, 3.05) is 28.6 Å². The highest BCUT2D eigenvalue weighted by Crippen LogP contribution is 2.22. The second kappa shape index (κ2) is 8.08. The third-order valence-electron chi connectivity index (χ3n) is 4.71. The number of aromatic nitrogens is 2. The van der Waals surface area contributed by atoms with Crippen LogP contribution in [-0.2, 0) is 0 Å². The monoisotopic (exact) mass is 373 g/mol. The Morgan fingerprint density at radius 2 is 1.64 bits per heavy atom. The minimum absolute atomic E-state index is 0.254. The molecule has 2 N–H and O–H groups in total. The van der Waals surface area contributed by atoms with Gasteiger partial charge in [0.2, 0.25) is 0 Å². The summed E-state index contributed by atoms with van der Waals surface area (Å²) < 4.78 is 0. The molecule has 142 valence electrons. The van der Waals surface area contributed by atoms with Crippen molar-refractivity contribution < 1.29 is 4.79 Å². The van der Waals surface area contributed by atoms with E-state index in [0.29, 0.717) is 17.3 Å². The molecule has 28 heavy (non-hydrogen) atoms. The Bertz CT molecular complexity index is 950. The Labute approximate surface area is 164 Å². The predicted octanol–water partition coefficient (Wildman–Crippen LogP) is 4.38. The summed E-state index contributed by atoms with van der Waals surface area (Å²) in [4.78, 5) is 23.7. The van der Waals surface area contributed by atoms with Crippen molar-refractivity contribution in [2.45, 2.75) is 19.8 Å². The lowest BCUT2D eigenvalue weighted by Gasteiger charge is -2.17. The first-order chi connectivity index (χ1) is 13.7. The molecule has 1 aromatic heterocycles. The molecule has 0 aliphatic carbocycles. The molecule has 1 saturated heterocycles. The average molecular weight is 373 g/mol. The molecule has 3 aromatic rings. The van der Waals surface area contributed by atoms with Gasteiger partial charge in [0.05, 0.1) is 0 Å². The van der Waals surface area contributed by atoms with Gasteiger partial charge in [0.15, 0.2) is 0 Å². The summed E-state index contributed by atoms with van der Waals surface area (Å²) in [6, 6.07) is 19.3. The summed E-state index contributed by atoms with van der Waals surface area (Å²) in [6.45, 7) is 3.98. The number of benzene rings is 2. The van der Waals surface area contributed by atoms with Crippen LogP contribution < -0.4 is 15.5 Å². The largest absolute Gasteiger partial charge is 0.372 e. The Morgan fingerprint density at radius 3 is 2.36 bits per heavy atom. The number of nitrogens with one attached hydrogen (secondary N) is 2. The second-order valence-electron chi connectivity index (χ2n) is 6.87. The van der Waals surface area contributed by atoms with Crippen LogP contribution in [0.3, 0.4) is 0 Å². The highest BCUT2D eigenvalue weighted by atomic mass is 16.1. The van der Waals surface area contributed by atoms with Crippen LogP contribution in [-0.4, -0.2) is 29.0 Å². The standard InChI is InChI=1S/C22H23N5O/c1-16-23-20(15-21(24-16)25-17-7-3-2-4-8-17)22(28)26-18-9-11-19(12-10-18)27-13-5-6-14-27/h2-4,7-12,15H,5-6,13-14H2,1H3,(H,26,28)(H,23,24,25). The van der Waals surface area contributed by atoms with Crippen LogP contribution in [0, 0.1) is 6.92 Å². The van der Waals surface area contributed by atoms with Gasteiger partial charge in [-0.3, -0.25) is 4.79 Å². The first-order valence-corrected chi connectivity index (χ1v) is 9.51. The lowest BCUT2D eigenvalue weighted by atomic mass is 10.2. The van der Waals surface area contributed by atoms with Crippen LogP contribution in [0.2, 0.25) is 0 Å². The fraction of sp³-hybridized carbons (Fsp3) is 0.227. The van der Waals surface area contributed by atoms with Crippen molar-refractivity contribution >= 4 is 28.8 Å². The summed E-state index contributed by atoms with van der Waals surface area (Å²) in [5, 5.41) is 6.12. The molecule has 0 bridgehead atoms. The van der Waals surface area contributed by atoms with E-state index in [1.54, 1.807) is 13.0 Å². The van der Waals surface area contributed by atoms with Gasteiger partial charge < -0.3 is 15.5 Å². The van der Waals surface area contributed by atoms with Crippen LogP contribution in [0.4, 0.5) is 22.9 Å². The number of para-hydroxylation sites is 1. The Morgan fingerprint density at radius 1 is 0.929 bits per heavy atom. The number of aryl methyl sites for hydroxylation is 1. The Hall–Kier alpha value is -3.41. The van der Waals surface area contributed by atoms with Gasteiger partial charge in [-0.05, 0) is 56.2 Å². The number of rotatable bonds is 5. The van der Waals surface area contributed by atoms with E-state index in [9.17, 15) is 4.79 Å². The van der Waals surface area contributed by atoms with E-state index in [2.05, 4.69) is 37.6 Å². The number of hydrogen-bond donors (Lipinski definition) is 2. The lowest BCUT2D eigenvalue weighted by molar-refractivity contribution is 0.102. The van der Waals surface area contributed by atoms with Crippen LogP contribution in [0.15, 0.2) is 60.7 Å². The lowest BCUT2D eigenvalue weighted by Crippen LogP contribution is -2.18. The number of amides is 1. The zero-order valence-electron chi connectivity index (χ0n) is 15.9. The average Bonchev–Trinajstić information content (AvgIpc) is 3.24. The Balaban J connectivity index is 1.46. The number of carbonyl (C=O) groups excluding carboxylic acids is 1. The van der Waals surface area contributed by atoms with E-state index < -0.39 is 0 Å². The van der Waals surface area contributed by atoms with Gasteiger partial charge in [-0.1, -0.05) is 18.2 Å². The predicted molar refractivity (Wildman–Crippen MR) is 112 cm³/mol. The van der Waals surface area contributed by atoms with Crippen LogP contribution >= 0.6 is 0 Å². The molecule has 1 fully saturated rings. The number of carbonyl (C=O) groups is 1. The summed E-state index contributed by atoms with van der Waals surface area (Å²) in [6.07, 6.45) is 2.48. The smallest absolute Gasteiger partial charge is 0.274 e. The van der Waals surface area contributed by atoms with E-state index >= 15 is 0 Å². The molecule has 6 nitrogen and oxygen atoms in total. The minimum Gasteiger partial charge on any atom is -0.372 e. The molecule has 0 saturated carbocycles. The van der Waals surface area contributed by atoms with Crippen LogP contribution in [0.25, 0.3) is 0 Å². The SMILES string of the molecule is Cc1nc(Nc2ccccc2)cc(C(=O)Nc2ccc(N3CCCC3)cc2)n1. The minimum atomic E-state index is -0.254. The normalized spacial score (nSPS) is 13.4. The third kappa shape index (κ3) is 4.28. The van der Waals surface area contributed by atoms with E-state index in [0.717, 1.165) is 24.5 Å². The van der Waals surface area contributed by atoms with Crippen molar-refractivity contribution in [3.8, 4) is 0 Å². The van der Waals surface area contributed by atoms with Crippen molar-refractivity contribution in [3.05, 3.63) is 72.2 Å². The number of hydrogen-bond acceptors (Lipinski definition) is 5. The number of nitrogens with zero attached hydrogens (tertiary/aromatic N) is 3. The molecule has 0 atom stereocenters. The maximum absolute atomic E-state index is 12.7. The number of anilines is 4. The zero-order valence-corrected chi connectivity index (χ0v) is 15.9. The van der Waals surface area contributed by atoms with E-state index in [-0.39, 0.29) is 5.91 Å². The fourth-order valence-electron chi connectivity index (χ4n) is 3.34. The summed E-state index contributed by atoms with van der Waals surface area (Å²) >= 11 is 0. The Kier molecular flexibility index (Phi) is 5.19. The van der Waals surface area contributed by atoms with Gasteiger partial charge in [0, 0.05) is 36.2 Å². The molecule has 6 heteroatoms. The molecule has 1 amide bonds. The molecule has 1 aliphatic heterocycles. The maximum atomic E-state index is 12.7. The van der Waals surface area contributed by atoms with Gasteiger partial charge in [0.25, 0.3) is 5.91 Å². The third-order valence-corrected chi connectivity index (χ3v) is 4.71. The quantitative estimate of drug-likeness (QED) is 0.694. The van der Waals surface area contributed by atoms with Gasteiger partial charge in [-0.2, -0.15) is 0 Å². The highest BCUT2D eigenvalue weighted by Gasteiger charge is 2.14. The van der Waals surface area contributed by atoms with Crippen molar-refractivity contribution in [1.29, 1.82) is 0 Å². The van der Waals surface area contributed by atoms with Crippen molar-refractivity contribution in [3.63, 3.8) is 0 Å². The first kappa shape index (κ1) is 18.0. The van der Waals surface area contributed by atoms with Crippen molar-refractivity contribution in [2.24, 2.45) is 0 Å². The van der Waals surface area contributed by atoms with Crippen LogP contribution in [0.1, 0.15) is 29.2 Å². The second-order valence-corrected chi connectivity index (χ2v) is 6.87. The molecule has 4 rings (SSSR count). The van der Waals surface area contributed by atoms with Crippen LogP contribution in [0.5, 0.6) is 0 Å². The highest BCUT2D eigenvalue weighted by molar-refractivity contribution is 6.03. The fourth-order valence-corrected chi connectivity index (χ4v) is 3.34. The molecule has 0 radical (unpaired) electrons. The maximum Gasteiger partial charge on any atom is 0.274 e. The summed E-state index contributed by atoms with van der Waals surface area (Å²) in [5.74, 6) is 0.874. The van der Waals surface area contributed by atoms with Gasteiger partial charge >= 0.3 is 0 Å². The topological polar surface area (TPSA) is 70.2 Å². The summed E-state index contributed by atoms with van der Waals surface area (Å²) in [5.41, 5.74) is 3.18. The van der Waals surface area contributed by atoms with Gasteiger partial charge in [-0.25, -0.2) is 9.97 Å². The van der Waals surface area contributed by atoms with E-state index in [1.165, 1.54) is 18.5 Å².